The molecule has 3 amide bonds. The molecule has 1 spiro atoms. The molecule has 1 saturated heterocycles. The molecule has 8 rings (SSSR count). The summed E-state index contributed by atoms with van der Waals surface area (Å²) in [5, 5.41) is 4.07. The van der Waals surface area contributed by atoms with Crippen LogP contribution in [0, 0.1) is 5.41 Å². The maximum absolute atomic E-state index is 13.8. The second-order valence-corrected chi connectivity index (χ2v) is 12.6. The van der Waals surface area contributed by atoms with Crippen molar-refractivity contribution in [2.75, 3.05) is 45.9 Å². The van der Waals surface area contributed by atoms with Crippen molar-refractivity contribution in [1.29, 1.82) is 0 Å². The van der Waals surface area contributed by atoms with Crippen molar-refractivity contribution < 1.29 is 23.9 Å². The van der Waals surface area contributed by atoms with Crippen LogP contribution in [0.5, 0.6) is 11.5 Å². The summed E-state index contributed by atoms with van der Waals surface area (Å²) in [6.07, 6.45) is 8.86. The van der Waals surface area contributed by atoms with Gasteiger partial charge >= 0.3 is 0 Å². The molecule has 4 bridgehead atoms. The Bertz CT molecular complexity index is 1780. The van der Waals surface area contributed by atoms with Gasteiger partial charge in [0.1, 0.15) is 0 Å². The smallest absolute Gasteiger partial charge is 0.256 e. The average molecular weight is 635 g/mol. The Labute approximate surface area is 273 Å². The fourth-order valence-corrected chi connectivity index (χ4v) is 7.10. The van der Waals surface area contributed by atoms with E-state index in [-0.39, 0.29) is 30.1 Å². The maximum atomic E-state index is 13.8. The molecule has 0 aliphatic carbocycles. The summed E-state index contributed by atoms with van der Waals surface area (Å²) in [6, 6.07) is 15.3. The number of rotatable bonds is 4. The zero-order valence-corrected chi connectivity index (χ0v) is 26.3. The molecule has 4 aromatic rings. The van der Waals surface area contributed by atoms with Crippen LogP contribution in [-0.4, -0.2) is 88.4 Å². The lowest BCUT2D eigenvalue weighted by atomic mass is 9.73. The Hall–Kier alpha value is -5.06. The molecule has 0 radical (unpaired) electrons. The number of ether oxygens (including phenoxy) is 2. The second kappa shape index (κ2) is 13.4. The Morgan fingerprint density at radius 1 is 0.957 bits per heavy atom. The van der Waals surface area contributed by atoms with E-state index in [1.54, 1.807) is 29.7 Å². The molecule has 2 aromatic heterocycles. The molecule has 1 N–H and O–H groups in total. The fraction of sp³-hybridized carbons (Fsp3) is 0.389. The van der Waals surface area contributed by atoms with Crippen molar-refractivity contribution in [2.24, 2.45) is 5.41 Å². The van der Waals surface area contributed by atoms with Crippen LogP contribution in [-0.2, 0) is 16.0 Å². The number of carbonyl (C=O) groups is 3. The standard InChI is InChI=1S/C36H38N6O5/c43-31-11-4-17-41(35(45)28-9-1-6-25-7-3-14-39-33(25)28)18-5-19-46-30-10-2-8-27-29-21-42(23-36(29,22-40-31)24-47-34(27)30)32(44)13-12-26-20-37-15-16-38-26/h1-3,6-10,14-16,20,29H,4-5,11-13,17-19,21-24H2,(H,40,43)/t29-,36+/m0/s1. The summed E-state index contributed by atoms with van der Waals surface area (Å²) in [5.41, 5.74) is 2.50. The highest BCUT2D eigenvalue weighted by Crippen LogP contribution is 2.52. The Morgan fingerprint density at radius 2 is 1.83 bits per heavy atom. The predicted molar refractivity (Wildman–Crippen MR) is 174 cm³/mol. The van der Waals surface area contributed by atoms with E-state index in [9.17, 15) is 14.4 Å². The summed E-state index contributed by atoms with van der Waals surface area (Å²) < 4.78 is 12.7. The average Bonchev–Trinajstić information content (AvgIpc) is 3.51. The molecular formula is C36H38N6O5. The van der Waals surface area contributed by atoms with Crippen LogP contribution in [0.4, 0.5) is 0 Å². The Kier molecular flexibility index (Phi) is 8.69. The molecule has 6 heterocycles. The first-order valence-electron chi connectivity index (χ1n) is 16.3. The van der Waals surface area contributed by atoms with Crippen molar-refractivity contribution in [2.45, 2.75) is 38.0 Å². The van der Waals surface area contributed by atoms with Gasteiger partial charge in [-0.1, -0.05) is 30.3 Å². The van der Waals surface area contributed by atoms with E-state index in [0.717, 1.165) is 16.6 Å². The molecule has 2 aromatic carbocycles. The number of carbonyl (C=O) groups excluding carboxylic acids is 3. The van der Waals surface area contributed by atoms with Crippen molar-refractivity contribution in [3.8, 4) is 11.5 Å². The van der Waals surface area contributed by atoms with E-state index < -0.39 is 5.41 Å². The van der Waals surface area contributed by atoms with Gasteiger partial charge in [0.25, 0.3) is 5.91 Å². The summed E-state index contributed by atoms with van der Waals surface area (Å²) in [5.74, 6) is 1.16. The number of nitrogens with zero attached hydrogens (tertiary/aromatic N) is 5. The van der Waals surface area contributed by atoms with Gasteiger partial charge in [0.2, 0.25) is 11.8 Å². The minimum Gasteiger partial charge on any atom is -0.490 e. The van der Waals surface area contributed by atoms with E-state index in [2.05, 4.69) is 20.3 Å². The molecule has 0 unspecified atom stereocenters. The summed E-state index contributed by atoms with van der Waals surface area (Å²) in [4.78, 5) is 57.1. The quantitative estimate of drug-likeness (QED) is 0.360. The van der Waals surface area contributed by atoms with Gasteiger partial charge in [-0.2, -0.15) is 0 Å². The molecule has 2 atom stereocenters. The third kappa shape index (κ3) is 6.34. The van der Waals surface area contributed by atoms with Crippen LogP contribution in [0.2, 0.25) is 0 Å². The highest BCUT2D eigenvalue weighted by atomic mass is 16.5. The van der Waals surface area contributed by atoms with E-state index in [1.807, 2.05) is 53.4 Å². The van der Waals surface area contributed by atoms with Crippen LogP contribution in [0.25, 0.3) is 10.9 Å². The van der Waals surface area contributed by atoms with Gasteiger partial charge in [-0.25, -0.2) is 0 Å². The lowest BCUT2D eigenvalue weighted by Crippen LogP contribution is -2.48. The molecule has 4 aliphatic rings. The minimum atomic E-state index is -0.482. The Balaban J connectivity index is 1.10. The lowest BCUT2D eigenvalue weighted by molar-refractivity contribution is -0.130. The van der Waals surface area contributed by atoms with Crippen LogP contribution in [0.15, 0.2) is 73.3 Å². The molecule has 1 fully saturated rings. The van der Waals surface area contributed by atoms with Crippen molar-refractivity contribution in [3.05, 3.63) is 90.1 Å². The molecule has 0 saturated carbocycles. The Morgan fingerprint density at radius 3 is 2.72 bits per heavy atom. The SMILES string of the molecule is O=C1CCCN(C(=O)c2cccc3cccnc23)CCCOc2cccc3c2OC[C@@]2(CN1)CN(C(=O)CCc1cnccn1)C[C@@H]32. The number of amides is 3. The highest BCUT2D eigenvalue weighted by molar-refractivity contribution is 6.05. The molecule has 242 valence electrons. The van der Waals surface area contributed by atoms with Gasteiger partial charge in [-0.15, -0.1) is 0 Å². The van der Waals surface area contributed by atoms with E-state index in [4.69, 9.17) is 9.47 Å². The van der Waals surface area contributed by atoms with Crippen LogP contribution < -0.4 is 14.8 Å². The minimum absolute atomic E-state index is 0.0223. The van der Waals surface area contributed by atoms with Crippen molar-refractivity contribution >= 4 is 28.6 Å². The predicted octanol–water partition coefficient (Wildman–Crippen LogP) is 3.78. The van der Waals surface area contributed by atoms with Gasteiger partial charge in [-0.05, 0) is 37.5 Å². The fourth-order valence-electron chi connectivity index (χ4n) is 7.10. The van der Waals surface area contributed by atoms with Gasteiger partial charge in [0.15, 0.2) is 11.5 Å². The molecule has 11 heteroatoms. The van der Waals surface area contributed by atoms with Crippen molar-refractivity contribution in [1.82, 2.24) is 30.1 Å². The normalized spacial score (nSPS) is 21.4. The van der Waals surface area contributed by atoms with Crippen molar-refractivity contribution in [3.63, 3.8) is 0 Å². The van der Waals surface area contributed by atoms with Crippen LogP contribution in [0.1, 0.15) is 53.2 Å². The molecular weight excluding hydrogens is 596 g/mol. The third-order valence-corrected chi connectivity index (χ3v) is 9.55. The number of aryl methyl sites for hydroxylation is 1. The van der Waals surface area contributed by atoms with E-state index in [1.165, 1.54) is 0 Å². The topological polar surface area (TPSA) is 127 Å². The summed E-state index contributed by atoms with van der Waals surface area (Å²) in [6.45, 7) is 3.04. The largest absolute Gasteiger partial charge is 0.490 e. The number of pyridine rings is 1. The molecule has 4 aliphatic heterocycles. The number of likely N-dealkylation sites (tertiary alicyclic amines) is 1. The number of hydrogen-bond donors (Lipinski definition) is 1. The number of hydrogen-bond acceptors (Lipinski definition) is 8. The lowest BCUT2D eigenvalue weighted by Gasteiger charge is -2.40. The zero-order chi connectivity index (χ0) is 32.2. The van der Waals surface area contributed by atoms with Gasteiger partial charge in [0, 0.05) is 92.6 Å². The third-order valence-electron chi connectivity index (χ3n) is 9.55. The van der Waals surface area contributed by atoms with E-state index >= 15 is 0 Å². The van der Waals surface area contributed by atoms with Crippen LogP contribution in [0.3, 0.4) is 0 Å². The number of fused-ring (bicyclic) bond motifs is 12. The number of aromatic nitrogens is 3. The molecule has 47 heavy (non-hydrogen) atoms. The van der Waals surface area contributed by atoms with Crippen LogP contribution >= 0.6 is 0 Å². The number of nitrogens with one attached hydrogen (secondary N) is 1. The number of benzene rings is 2. The maximum Gasteiger partial charge on any atom is 0.256 e. The first kappa shape index (κ1) is 30.6. The summed E-state index contributed by atoms with van der Waals surface area (Å²) in [7, 11) is 0. The number of para-hydroxylation sites is 2. The van der Waals surface area contributed by atoms with Gasteiger partial charge < -0.3 is 24.6 Å². The molecule has 11 nitrogen and oxygen atoms in total. The first-order valence-corrected chi connectivity index (χ1v) is 16.3. The zero-order valence-electron chi connectivity index (χ0n) is 26.3. The van der Waals surface area contributed by atoms with E-state index in [0.29, 0.717) is 94.2 Å². The highest BCUT2D eigenvalue weighted by Gasteiger charge is 2.53. The van der Waals surface area contributed by atoms with Gasteiger partial charge in [-0.3, -0.25) is 29.3 Å². The monoisotopic (exact) mass is 634 g/mol. The summed E-state index contributed by atoms with van der Waals surface area (Å²) >= 11 is 0. The van der Waals surface area contributed by atoms with Gasteiger partial charge in [0.05, 0.1) is 30.0 Å². The first-order chi connectivity index (χ1) is 23.0. The second-order valence-electron chi connectivity index (χ2n) is 12.6.